The number of hydrogen-bond donors (Lipinski definition) is 1. The fraction of sp³-hybridized carbons (Fsp3) is 0.667. The minimum Gasteiger partial charge on any atom is -0.327 e. The highest BCUT2D eigenvalue weighted by molar-refractivity contribution is 7.99. The van der Waals surface area contributed by atoms with E-state index in [4.69, 9.17) is 5.73 Å². The maximum Gasteiger partial charge on any atom is 0.0963 e. The van der Waals surface area contributed by atoms with Crippen LogP contribution in [0.15, 0.2) is 29.4 Å². The summed E-state index contributed by atoms with van der Waals surface area (Å²) in [5.74, 6) is 0.776. The Morgan fingerprint density at radius 3 is 2.67 bits per heavy atom. The molecule has 1 aromatic heterocycles. The van der Waals surface area contributed by atoms with Crippen LogP contribution in [-0.4, -0.2) is 16.3 Å². The highest BCUT2D eigenvalue weighted by atomic mass is 32.2. The number of nitrogens with zero attached hydrogens (tertiary/aromatic N) is 1. The molecule has 18 heavy (non-hydrogen) atoms. The van der Waals surface area contributed by atoms with Crippen molar-refractivity contribution >= 4 is 11.8 Å². The minimum absolute atomic E-state index is 0.315. The van der Waals surface area contributed by atoms with Gasteiger partial charge < -0.3 is 5.73 Å². The number of rotatable bonds is 2. The van der Waals surface area contributed by atoms with Gasteiger partial charge in [0.15, 0.2) is 0 Å². The monoisotopic (exact) mass is 264 g/mol. The molecule has 1 aliphatic carbocycles. The number of thioether (sulfide) groups is 1. The first-order valence-electron chi connectivity index (χ1n) is 6.80. The molecule has 0 radical (unpaired) electrons. The third-order valence-electron chi connectivity index (χ3n) is 3.98. The predicted octanol–water partition coefficient (Wildman–Crippen LogP) is 3.72. The van der Waals surface area contributed by atoms with E-state index in [-0.39, 0.29) is 0 Å². The van der Waals surface area contributed by atoms with Gasteiger partial charge in [-0.1, -0.05) is 26.8 Å². The topological polar surface area (TPSA) is 38.9 Å². The lowest BCUT2D eigenvalue weighted by molar-refractivity contribution is 0.174. The van der Waals surface area contributed by atoms with Crippen molar-refractivity contribution in [2.75, 3.05) is 0 Å². The first-order valence-corrected chi connectivity index (χ1v) is 7.68. The second-order valence-electron chi connectivity index (χ2n) is 6.36. The van der Waals surface area contributed by atoms with Gasteiger partial charge in [-0.05, 0) is 42.7 Å². The lowest BCUT2D eigenvalue weighted by Crippen LogP contribution is -2.41. The average Bonchev–Trinajstić information content (AvgIpc) is 2.32. The van der Waals surface area contributed by atoms with Crippen LogP contribution >= 0.6 is 11.8 Å². The van der Waals surface area contributed by atoms with E-state index in [0.29, 0.717) is 16.7 Å². The summed E-state index contributed by atoms with van der Waals surface area (Å²) in [4.78, 5) is 4.40. The van der Waals surface area contributed by atoms with Gasteiger partial charge in [-0.2, -0.15) is 0 Å². The Kier molecular flexibility index (Phi) is 4.33. The number of hydrogen-bond acceptors (Lipinski definition) is 3. The zero-order valence-electron chi connectivity index (χ0n) is 11.6. The van der Waals surface area contributed by atoms with Crippen LogP contribution in [-0.2, 0) is 0 Å². The zero-order valence-corrected chi connectivity index (χ0v) is 12.4. The summed E-state index contributed by atoms with van der Waals surface area (Å²) >= 11 is 1.86. The molecule has 3 atom stereocenters. The van der Waals surface area contributed by atoms with Gasteiger partial charge in [-0.25, -0.2) is 4.98 Å². The molecule has 1 aliphatic rings. The van der Waals surface area contributed by atoms with Gasteiger partial charge >= 0.3 is 0 Å². The summed E-state index contributed by atoms with van der Waals surface area (Å²) in [7, 11) is 0. The van der Waals surface area contributed by atoms with Crippen molar-refractivity contribution < 1.29 is 0 Å². The molecule has 2 rings (SSSR count). The summed E-state index contributed by atoms with van der Waals surface area (Å²) in [5, 5.41) is 1.62. The van der Waals surface area contributed by atoms with Gasteiger partial charge in [0.2, 0.25) is 0 Å². The molecule has 100 valence electrons. The van der Waals surface area contributed by atoms with Crippen molar-refractivity contribution in [1.29, 1.82) is 0 Å². The molecule has 0 aromatic carbocycles. The summed E-state index contributed by atoms with van der Waals surface area (Å²) in [6.07, 6.45) is 5.49. The van der Waals surface area contributed by atoms with E-state index in [1.54, 1.807) is 0 Å². The standard InChI is InChI=1S/C15H24N2S/c1-15(2,3)11-7-8-12(16)13(10-11)18-14-6-4-5-9-17-14/h4-6,9,11-13H,7-8,10,16H2,1-3H3. The molecular formula is C15H24N2S. The van der Waals surface area contributed by atoms with Crippen molar-refractivity contribution in [1.82, 2.24) is 4.98 Å². The van der Waals surface area contributed by atoms with Gasteiger partial charge in [0.25, 0.3) is 0 Å². The largest absolute Gasteiger partial charge is 0.327 e. The smallest absolute Gasteiger partial charge is 0.0963 e. The fourth-order valence-electron chi connectivity index (χ4n) is 2.65. The Labute approximate surface area is 115 Å². The number of pyridine rings is 1. The maximum atomic E-state index is 6.28. The Morgan fingerprint density at radius 2 is 2.06 bits per heavy atom. The second-order valence-corrected chi connectivity index (χ2v) is 7.62. The molecule has 1 aromatic rings. The van der Waals surface area contributed by atoms with Crippen LogP contribution in [0.25, 0.3) is 0 Å². The van der Waals surface area contributed by atoms with E-state index in [9.17, 15) is 0 Å². The number of nitrogens with two attached hydrogens (primary N) is 1. The molecule has 2 N–H and O–H groups in total. The average molecular weight is 264 g/mol. The van der Waals surface area contributed by atoms with E-state index < -0.39 is 0 Å². The summed E-state index contributed by atoms with van der Waals surface area (Å²) in [5.41, 5.74) is 6.68. The van der Waals surface area contributed by atoms with Crippen LogP contribution in [0.4, 0.5) is 0 Å². The van der Waals surface area contributed by atoms with E-state index >= 15 is 0 Å². The van der Waals surface area contributed by atoms with Gasteiger partial charge in [-0.15, -0.1) is 11.8 Å². The van der Waals surface area contributed by atoms with E-state index in [2.05, 4.69) is 31.8 Å². The van der Waals surface area contributed by atoms with Gasteiger partial charge in [0.1, 0.15) is 0 Å². The van der Waals surface area contributed by atoms with Crippen molar-refractivity contribution in [3.05, 3.63) is 24.4 Å². The number of aromatic nitrogens is 1. The third-order valence-corrected chi connectivity index (χ3v) is 5.31. The lowest BCUT2D eigenvalue weighted by Gasteiger charge is -2.40. The molecule has 0 aliphatic heterocycles. The minimum atomic E-state index is 0.315. The lowest BCUT2D eigenvalue weighted by atomic mass is 9.71. The molecule has 0 bridgehead atoms. The van der Waals surface area contributed by atoms with Crippen molar-refractivity contribution in [2.45, 2.75) is 56.4 Å². The summed E-state index contributed by atoms with van der Waals surface area (Å²) in [6.45, 7) is 7.03. The molecule has 2 nitrogen and oxygen atoms in total. The van der Waals surface area contributed by atoms with E-state index in [0.717, 1.165) is 17.4 Å². The highest BCUT2D eigenvalue weighted by Gasteiger charge is 2.34. The van der Waals surface area contributed by atoms with Crippen molar-refractivity contribution in [3.63, 3.8) is 0 Å². The summed E-state index contributed by atoms with van der Waals surface area (Å²) < 4.78 is 0. The molecule has 3 unspecified atom stereocenters. The van der Waals surface area contributed by atoms with E-state index in [1.807, 2.05) is 30.1 Å². The first kappa shape index (κ1) is 13.9. The second kappa shape index (κ2) is 5.62. The molecule has 0 spiro atoms. The molecular weight excluding hydrogens is 240 g/mol. The van der Waals surface area contributed by atoms with Crippen molar-refractivity contribution in [2.24, 2.45) is 17.1 Å². The fourth-order valence-corrected chi connectivity index (χ4v) is 3.88. The molecule has 3 heteroatoms. The van der Waals surface area contributed by atoms with E-state index in [1.165, 1.54) is 12.8 Å². The van der Waals surface area contributed by atoms with Crippen LogP contribution in [0.1, 0.15) is 40.0 Å². The Bertz CT molecular complexity index is 372. The Morgan fingerprint density at radius 1 is 1.28 bits per heavy atom. The van der Waals surface area contributed by atoms with Crippen LogP contribution in [0.2, 0.25) is 0 Å². The molecule has 1 fully saturated rings. The molecule has 0 saturated heterocycles. The van der Waals surface area contributed by atoms with Crippen LogP contribution < -0.4 is 5.73 Å². The maximum absolute atomic E-state index is 6.28. The molecule has 0 amide bonds. The quantitative estimate of drug-likeness (QED) is 0.885. The Hall–Kier alpha value is -0.540. The van der Waals surface area contributed by atoms with Crippen molar-refractivity contribution in [3.8, 4) is 0 Å². The predicted molar refractivity (Wildman–Crippen MR) is 78.7 cm³/mol. The Balaban J connectivity index is 2.02. The highest BCUT2D eigenvalue weighted by Crippen LogP contribution is 2.42. The van der Waals surface area contributed by atoms with Crippen LogP contribution in [0, 0.1) is 11.3 Å². The SMILES string of the molecule is CC(C)(C)C1CCC(N)C(Sc2ccccn2)C1. The normalized spacial score (nSPS) is 29.2. The third kappa shape index (κ3) is 3.48. The molecule has 1 saturated carbocycles. The van der Waals surface area contributed by atoms with Gasteiger partial charge in [0.05, 0.1) is 5.03 Å². The molecule has 1 heterocycles. The summed E-state index contributed by atoms with van der Waals surface area (Å²) in [6, 6.07) is 6.40. The van der Waals surface area contributed by atoms with Crippen LogP contribution in [0.5, 0.6) is 0 Å². The van der Waals surface area contributed by atoms with Gasteiger partial charge in [0, 0.05) is 17.5 Å². The van der Waals surface area contributed by atoms with Gasteiger partial charge in [-0.3, -0.25) is 0 Å². The zero-order chi connectivity index (χ0) is 13.2. The van der Waals surface area contributed by atoms with Crippen LogP contribution in [0.3, 0.4) is 0 Å². The first-order chi connectivity index (χ1) is 8.47.